The van der Waals surface area contributed by atoms with Crippen LogP contribution >= 0.6 is 0 Å². The van der Waals surface area contributed by atoms with Crippen LogP contribution < -0.4 is 0 Å². The second-order valence-corrected chi connectivity index (χ2v) is 9.30. The molecule has 2 aromatic rings. The van der Waals surface area contributed by atoms with Crippen molar-refractivity contribution in [1.29, 1.82) is 0 Å². The van der Waals surface area contributed by atoms with E-state index >= 15 is 0 Å². The SMILES string of the molecule is CN(Cc1ccc(F)cc1F)S(=O)(=O)c1ccc(S(C)(=O)=O)cc1. The van der Waals surface area contributed by atoms with Gasteiger partial charge in [0, 0.05) is 31.5 Å². The Labute approximate surface area is 139 Å². The minimum absolute atomic E-state index is 0.00585. The van der Waals surface area contributed by atoms with Gasteiger partial charge in [-0.25, -0.2) is 25.6 Å². The summed E-state index contributed by atoms with van der Waals surface area (Å²) in [7, 11) is -6.13. The number of sulfone groups is 1. The monoisotopic (exact) mass is 375 g/mol. The Morgan fingerprint density at radius 2 is 1.46 bits per heavy atom. The quantitative estimate of drug-likeness (QED) is 0.803. The molecule has 5 nitrogen and oxygen atoms in total. The first-order valence-corrected chi connectivity index (χ1v) is 10.1. The van der Waals surface area contributed by atoms with E-state index in [2.05, 4.69) is 0 Å². The maximum Gasteiger partial charge on any atom is 0.243 e. The lowest BCUT2D eigenvalue weighted by molar-refractivity contribution is 0.454. The lowest BCUT2D eigenvalue weighted by Gasteiger charge is -2.18. The van der Waals surface area contributed by atoms with Crippen LogP contribution in [-0.4, -0.2) is 34.4 Å². The molecule has 130 valence electrons. The van der Waals surface area contributed by atoms with E-state index in [0.717, 1.165) is 16.6 Å². The number of rotatable bonds is 5. The third-order valence-electron chi connectivity index (χ3n) is 3.37. The fraction of sp³-hybridized carbons (Fsp3) is 0.200. The lowest BCUT2D eigenvalue weighted by Crippen LogP contribution is -2.27. The summed E-state index contributed by atoms with van der Waals surface area (Å²) >= 11 is 0. The minimum Gasteiger partial charge on any atom is -0.224 e. The predicted molar refractivity (Wildman–Crippen MR) is 84.6 cm³/mol. The van der Waals surface area contributed by atoms with E-state index in [4.69, 9.17) is 0 Å². The Morgan fingerprint density at radius 3 is 1.96 bits per heavy atom. The van der Waals surface area contributed by atoms with Gasteiger partial charge in [-0.05, 0) is 30.3 Å². The molecular formula is C15H15F2NO4S2. The van der Waals surface area contributed by atoms with Crippen LogP contribution in [0.5, 0.6) is 0 Å². The zero-order valence-corrected chi connectivity index (χ0v) is 14.5. The van der Waals surface area contributed by atoms with Crippen LogP contribution in [-0.2, 0) is 26.4 Å². The summed E-state index contributed by atoms with van der Waals surface area (Å²) in [5.41, 5.74) is 0.0234. The molecular weight excluding hydrogens is 360 g/mol. The average molecular weight is 375 g/mol. The van der Waals surface area contributed by atoms with Gasteiger partial charge in [0.2, 0.25) is 10.0 Å². The van der Waals surface area contributed by atoms with Crippen molar-refractivity contribution in [2.24, 2.45) is 0 Å². The third kappa shape index (κ3) is 3.97. The van der Waals surface area contributed by atoms with Crippen LogP contribution in [0.15, 0.2) is 52.3 Å². The van der Waals surface area contributed by atoms with E-state index < -0.39 is 31.5 Å². The van der Waals surface area contributed by atoms with Crippen LogP contribution in [0.2, 0.25) is 0 Å². The van der Waals surface area contributed by atoms with Crippen molar-refractivity contribution in [2.75, 3.05) is 13.3 Å². The molecule has 0 heterocycles. The molecule has 0 N–H and O–H groups in total. The van der Waals surface area contributed by atoms with Gasteiger partial charge in [0.15, 0.2) is 9.84 Å². The molecule has 2 rings (SSSR count). The van der Waals surface area contributed by atoms with E-state index in [1.807, 2.05) is 0 Å². The maximum absolute atomic E-state index is 13.7. The molecule has 0 spiro atoms. The maximum atomic E-state index is 13.7. The highest BCUT2D eigenvalue weighted by atomic mass is 32.2. The predicted octanol–water partition coefficient (Wildman–Crippen LogP) is 2.19. The highest BCUT2D eigenvalue weighted by Gasteiger charge is 2.22. The van der Waals surface area contributed by atoms with Crippen molar-refractivity contribution in [3.8, 4) is 0 Å². The van der Waals surface area contributed by atoms with Crippen molar-refractivity contribution in [3.63, 3.8) is 0 Å². The Morgan fingerprint density at radius 1 is 0.917 bits per heavy atom. The molecule has 0 atom stereocenters. The highest BCUT2D eigenvalue weighted by molar-refractivity contribution is 7.90. The summed E-state index contributed by atoms with van der Waals surface area (Å²) in [5.74, 6) is -1.59. The van der Waals surface area contributed by atoms with Gasteiger partial charge in [-0.2, -0.15) is 4.31 Å². The standard InChI is InChI=1S/C15H15F2NO4S2/c1-18(10-11-3-4-12(16)9-15(11)17)24(21,22)14-7-5-13(6-8-14)23(2,19)20/h3-9H,10H2,1-2H3. The zero-order valence-electron chi connectivity index (χ0n) is 12.9. The van der Waals surface area contributed by atoms with Crippen LogP contribution in [0.1, 0.15) is 5.56 Å². The van der Waals surface area contributed by atoms with Gasteiger partial charge in [-0.1, -0.05) is 6.07 Å². The normalized spacial score (nSPS) is 12.5. The summed E-state index contributed by atoms with van der Waals surface area (Å²) in [6.07, 6.45) is 1.01. The van der Waals surface area contributed by atoms with E-state index in [0.29, 0.717) is 6.07 Å². The second kappa shape index (κ2) is 6.58. The molecule has 0 fully saturated rings. The van der Waals surface area contributed by atoms with Crippen molar-refractivity contribution >= 4 is 19.9 Å². The molecule has 0 radical (unpaired) electrons. The first kappa shape index (κ1) is 18.5. The van der Waals surface area contributed by atoms with Crippen molar-refractivity contribution < 1.29 is 25.6 Å². The Balaban J connectivity index is 2.29. The lowest BCUT2D eigenvalue weighted by atomic mass is 10.2. The molecule has 9 heteroatoms. The van der Waals surface area contributed by atoms with Crippen LogP contribution in [0.3, 0.4) is 0 Å². The van der Waals surface area contributed by atoms with E-state index in [9.17, 15) is 25.6 Å². The van der Waals surface area contributed by atoms with Crippen LogP contribution in [0, 0.1) is 11.6 Å². The van der Waals surface area contributed by atoms with E-state index in [1.165, 1.54) is 37.4 Å². The van der Waals surface area contributed by atoms with Crippen molar-refractivity contribution in [1.82, 2.24) is 4.31 Å². The van der Waals surface area contributed by atoms with Gasteiger partial charge in [0.1, 0.15) is 11.6 Å². The summed E-state index contributed by atoms with van der Waals surface area (Å²) in [5, 5.41) is 0. The van der Waals surface area contributed by atoms with Crippen molar-refractivity contribution in [3.05, 3.63) is 59.7 Å². The van der Waals surface area contributed by atoms with E-state index in [1.54, 1.807) is 0 Å². The van der Waals surface area contributed by atoms with Gasteiger partial charge in [0.05, 0.1) is 9.79 Å². The van der Waals surface area contributed by atoms with E-state index in [-0.39, 0.29) is 21.9 Å². The Hall–Kier alpha value is -1.84. The number of halogens is 2. The fourth-order valence-corrected chi connectivity index (χ4v) is 3.79. The molecule has 24 heavy (non-hydrogen) atoms. The summed E-state index contributed by atoms with van der Waals surface area (Å²) in [4.78, 5) is -0.131. The number of benzene rings is 2. The minimum atomic E-state index is -3.95. The van der Waals surface area contributed by atoms with Gasteiger partial charge < -0.3 is 0 Å². The molecule has 0 amide bonds. The number of sulfonamides is 1. The largest absolute Gasteiger partial charge is 0.243 e. The fourth-order valence-electron chi connectivity index (χ4n) is 2.01. The topological polar surface area (TPSA) is 71.5 Å². The summed E-state index contributed by atoms with van der Waals surface area (Å²) < 4.78 is 75.2. The first-order chi connectivity index (χ1) is 11.0. The second-order valence-electron chi connectivity index (χ2n) is 5.24. The average Bonchev–Trinajstić information content (AvgIpc) is 2.49. The van der Waals surface area contributed by atoms with Crippen LogP contribution in [0.25, 0.3) is 0 Å². The number of hydrogen-bond donors (Lipinski definition) is 0. The smallest absolute Gasteiger partial charge is 0.224 e. The van der Waals surface area contributed by atoms with Crippen LogP contribution in [0.4, 0.5) is 8.78 Å². The molecule has 2 aromatic carbocycles. The molecule has 0 aliphatic rings. The molecule has 0 saturated heterocycles. The molecule has 0 aromatic heterocycles. The number of nitrogens with zero attached hydrogens (tertiary/aromatic N) is 1. The molecule has 0 unspecified atom stereocenters. The Bertz CT molecular complexity index is 955. The summed E-state index contributed by atoms with van der Waals surface area (Å²) in [6.45, 7) is -0.289. The van der Waals surface area contributed by atoms with Gasteiger partial charge in [-0.3, -0.25) is 0 Å². The molecule has 0 saturated carbocycles. The molecule has 0 aliphatic carbocycles. The highest BCUT2D eigenvalue weighted by Crippen LogP contribution is 2.20. The zero-order chi connectivity index (χ0) is 18.1. The third-order valence-corrected chi connectivity index (χ3v) is 6.31. The van der Waals surface area contributed by atoms with Gasteiger partial charge in [-0.15, -0.1) is 0 Å². The first-order valence-electron chi connectivity index (χ1n) is 6.72. The van der Waals surface area contributed by atoms with Gasteiger partial charge >= 0.3 is 0 Å². The van der Waals surface area contributed by atoms with Crippen molar-refractivity contribution in [2.45, 2.75) is 16.3 Å². The Kier molecular flexibility index (Phi) is 5.07. The molecule has 0 aliphatic heterocycles. The molecule has 0 bridgehead atoms. The van der Waals surface area contributed by atoms with Gasteiger partial charge in [0.25, 0.3) is 0 Å². The summed E-state index contributed by atoms with van der Waals surface area (Å²) in [6, 6.07) is 7.61. The number of hydrogen-bond acceptors (Lipinski definition) is 4.